The third-order valence-corrected chi connectivity index (χ3v) is 3.46. The van der Waals surface area contributed by atoms with E-state index in [0.29, 0.717) is 15.7 Å². The molecule has 1 aromatic heterocycles. The number of carbonyl (C=O) groups is 1. The first-order chi connectivity index (χ1) is 10.6. The van der Waals surface area contributed by atoms with Gasteiger partial charge in [-0.25, -0.2) is 4.98 Å². The summed E-state index contributed by atoms with van der Waals surface area (Å²) in [5.74, 6) is -0.320. The fraction of sp³-hybridized carbons (Fsp3) is 0.125. The number of aliphatic hydroxyl groups excluding tert-OH is 1. The Kier molecular flexibility index (Phi) is 5.95. The first-order valence-corrected chi connectivity index (χ1v) is 7.32. The third kappa shape index (κ3) is 4.84. The van der Waals surface area contributed by atoms with Crippen LogP contribution in [0.15, 0.2) is 48.7 Å². The molecule has 0 spiro atoms. The van der Waals surface area contributed by atoms with Crippen molar-refractivity contribution in [3.8, 4) is 0 Å². The van der Waals surface area contributed by atoms with E-state index in [1.54, 1.807) is 48.7 Å². The van der Waals surface area contributed by atoms with E-state index < -0.39 is 6.10 Å². The van der Waals surface area contributed by atoms with Crippen LogP contribution in [0.25, 0.3) is 6.08 Å². The molecule has 1 atom stereocenters. The predicted molar refractivity (Wildman–Crippen MR) is 87.7 cm³/mol. The van der Waals surface area contributed by atoms with E-state index >= 15 is 0 Å². The number of amides is 1. The maximum atomic E-state index is 11.7. The minimum absolute atomic E-state index is 0.0734. The van der Waals surface area contributed by atoms with Crippen molar-refractivity contribution in [1.82, 2.24) is 10.3 Å². The SMILES string of the molecule is O=C(/C=C/c1ccnc(Cl)c1)NCC(O)c1ccccc1Cl. The van der Waals surface area contributed by atoms with Crippen LogP contribution < -0.4 is 5.32 Å². The molecule has 2 N–H and O–H groups in total. The third-order valence-electron chi connectivity index (χ3n) is 2.91. The van der Waals surface area contributed by atoms with Crippen LogP contribution in [0, 0.1) is 0 Å². The highest BCUT2D eigenvalue weighted by atomic mass is 35.5. The lowest BCUT2D eigenvalue weighted by atomic mass is 10.1. The molecule has 0 saturated heterocycles. The Labute approximate surface area is 138 Å². The van der Waals surface area contributed by atoms with Crippen molar-refractivity contribution < 1.29 is 9.90 Å². The van der Waals surface area contributed by atoms with Gasteiger partial charge in [-0.1, -0.05) is 41.4 Å². The van der Waals surface area contributed by atoms with E-state index in [2.05, 4.69) is 10.3 Å². The fourth-order valence-electron chi connectivity index (χ4n) is 1.80. The molecule has 1 amide bonds. The Morgan fingerprint density at radius 1 is 1.32 bits per heavy atom. The Hall–Kier alpha value is -1.88. The van der Waals surface area contributed by atoms with Crippen LogP contribution in [-0.4, -0.2) is 22.5 Å². The predicted octanol–water partition coefficient (Wildman–Crippen LogP) is 3.25. The highest BCUT2D eigenvalue weighted by Gasteiger charge is 2.11. The summed E-state index contributed by atoms with van der Waals surface area (Å²) in [6, 6.07) is 10.3. The van der Waals surface area contributed by atoms with Gasteiger partial charge in [-0.05, 0) is 29.8 Å². The molecule has 2 aromatic rings. The second-order valence-electron chi connectivity index (χ2n) is 4.53. The minimum atomic E-state index is -0.860. The van der Waals surface area contributed by atoms with Crippen LogP contribution in [0.1, 0.15) is 17.2 Å². The monoisotopic (exact) mass is 336 g/mol. The summed E-state index contributed by atoms with van der Waals surface area (Å²) in [5, 5.41) is 13.5. The molecule has 1 heterocycles. The number of hydrogen-bond acceptors (Lipinski definition) is 3. The second-order valence-corrected chi connectivity index (χ2v) is 5.32. The fourth-order valence-corrected chi connectivity index (χ4v) is 2.25. The van der Waals surface area contributed by atoms with Crippen molar-refractivity contribution >= 4 is 35.2 Å². The molecule has 0 aliphatic carbocycles. The van der Waals surface area contributed by atoms with Crippen molar-refractivity contribution in [1.29, 1.82) is 0 Å². The second kappa shape index (κ2) is 7.94. The van der Waals surface area contributed by atoms with Gasteiger partial charge in [0.2, 0.25) is 5.91 Å². The van der Waals surface area contributed by atoms with Gasteiger partial charge in [0.1, 0.15) is 5.15 Å². The molecule has 2 rings (SSSR count). The van der Waals surface area contributed by atoms with Crippen LogP contribution in [0.2, 0.25) is 10.2 Å². The summed E-state index contributed by atoms with van der Waals surface area (Å²) >= 11 is 11.7. The van der Waals surface area contributed by atoms with Crippen LogP contribution in [-0.2, 0) is 4.79 Å². The van der Waals surface area contributed by atoms with E-state index in [0.717, 1.165) is 5.56 Å². The molecule has 22 heavy (non-hydrogen) atoms. The largest absolute Gasteiger partial charge is 0.387 e. The molecule has 114 valence electrons. The maximum Gasteiger partial charge on any atom is 0.244 e. The zero-order valence-corrected chi connectivity index (χ0v) is 13.1. The van der Waals surface area contributed by atoms with Gasteiger partial charge in [0.05, 0.1) is 6.10 Å². The van der Waals surface area contributed by atoms with Crippen LogP contribution in [0.4, 0.5) is 0 Å². The quantitative estimate of drug-likeness (QED) is 0.650. The molecule has 0 bridgehead atoms. The van der Waals surface area contributed by atoms with Gasteiger partial charge >= 0.3 is 0 Å². The smallest absolute Gasteiger partial charge is 0.244 e. The highest BCUT2D eigenvalue weighted by molar-refractivity contribution is 6.31. The molecule has 0 radical (unpaired) electrons. The highest BCUT2D eigenvalue weighted by Crippen LogP contribution is 2.21. The lowest BCUT2D eigenvalue weighted by Crippen LogP contribution is -2.26. The van der Waals surface area contributed by atoms with E-state index in [1.807, 2.05) is 0 Å². The van der Waals surface area contributed by atoms with Crippen LogP contribution in [0.5, 0.6) is 0 Å². The van der Waals surface area contributed by atoms with Crippen molar-refractivity contribution in [2.24, 2.45) is 0 Å². The first kappa shape index (κ1) is 16.5. The van der Waals surface area contributed by atoms with Gasteiger partial charge in [-0.3, -0.25) is 4.79 Å². The summed E-state index contributed by atoms with van der Waals surface area (Å²) in [7, 11) is 0. The summed E-state index contributed by atoms with van der Waals surface area (Å²) in [5.41, 5.74) is 1.34. The van der Waals surface area contributed by atoms with E-state index in [9.17, 15) is 9.90 Å². The lowest BCUT2D eigenvalue weighted by Gasteiger charge is -2.12. The van der Waals surface area contributed by atoms with Gasteiger partial charge in [0, 0.05) is 29.4 Å². The lowest BCUT2D eigenvalue weighted by molar-refractivity contribution is -0.116. The Bertz CT molecular complexity index is 689. The molecule has 0 aliphatic rings. The van der Waals surface area contributed by atoms with Crippen molar-refractivity contribution in [2.75, 3.05) is 6.54 Å². The van der Waals surface area contributed by atoms with Gasteiger partial charge in [0.25, 0.3) is 0 Å². The van der Waals surface area contributed by atoms with Gasteiger partial charge in [-0.15, -0.1) is 0 Å². The Morgan fingerprint density at radius 3 is 2.82 bits per heavy atom. The average Bonchev–Trinajstić information content (AvgIpc) is 2.51. The molecule has 6 heteroatoms. The van der Waals surface area contributed by atoms with Crippen molar-refractivity contribution in [3.05, 3.63) is 70.0 Å². The summed E-state index contributed by atoms with van der Waals surface area (Å²) < 4.78 is 0. The van der Waals surface area contributed by atoms with E-state index in [1.165, 1.54) is 6.08 Å². The number of aliphatic hydroxyl groups is 1. The van der Waals surface area contributed by atoms with Gasteiger partial charge in [0.15, 0.2) is 0 Å². The number of benzene rings is 1. The summed E-state index contributed by atoms with van der Waals surface area (Å²) in [6.07, 6.45) is 3.68. The van der Waals surface area contributed by atoms with Gasteiger partial charge in [-0.2, -0.15) is 0 Å². The normalized spacial score (nSPS) is 12.3. The Morgan fingerprint density at radius 2 is 2.09 bits per heavy atom. The minimum Gasteiger partial charge on any atom is -0.387 e. The van der Waals surface area contributed by atoms with E-state index in [-0.39, 0.29) is 12.5 Å². The number of nitrogens with zero attached hydrogens (tertiary/aromatic N) is 1. The number of nitrogens with one attached hydrogen (secondary N) is 1. The number of pyridine rings is 1. The average molecular weight is 337 g/mol. The number of rotatable bonds is 5. The zero-order chi connectivity index (χ0) is 15.9. The van der Waals surface area contributed by atoms with Gasteiger partial charge < -0.3 is 10.4 Å². The molecular formula is C16H14Cl2N2O2. The first-order valence-electron chi connectivity index (χ1n) is 6.56. The number of aromatic nitrogens is 1. The molecule has 1 unspecified atom stereocenters. The maximum absolute atomic E-state index is 11.7. The molecule has 1 aromatic carbocycles. The van der Waals surface area contributed by atoms with E-state index in [4.69, 9.17) is 23.2 Å². The number of hydrogen-bond donors (Lipinski definition) is 2. The number of carbonyl (C=O) groups excluding carboxylic acids is 1. The molecular weight excluding hydrogens is 323 g/mol. The number of halogens is 2. The molecule has 0 saturated carbocycles. The van der Waals surface area contributed by atoms with Crippen LogP contribution in [0.3, 0.4) is 0 Å². The van der Waals surface area contributed by atoms with Crippen LogP contribution >= 0.6 is 23.2 Å². The molecule has 0 fully saturated rings. The zero-order valence-electron chi connectivity index (χ0n) is 11.5. The van der Waals surface area contributed by atoms with Crippen molar-refractivity contribution in [3.63, 3.8) is 0 Å². The van der Waals surface area contributed by atoms with Crippen molar-refractivity contribution in [2.45, 2.75) is 6.10 Å². The molecule has 0 aliphatic heterocycles. The topological polar surface area (TPSA) is 62.2 Å². The molecule has 4 nitrogen and oxygen atoms in total. The standard InChI is InChI=1S/C16H14Cl2N2O2/c17-13-4-2-1-3-12(13)14(21)10-20-16(22)6-5-11-7-8-19-15(18)9-11/h1-9,14,21H,10H2,(H,20,22)/b6-5+. The summed E-state index contributed by atoms with van der Waals surface area (Å²) in [4.78, 5) is 15.6. The summed E-state index contributed by atoms with van der Waals surface area (Å²) in [6.45, 7) is 0.0734. The Balaban J connectivity index is 1.89.